The molecule has 0 aliphatic heterocycles. The lowest BCUT2D eigenvalue weighted by atomic mass is 9.91. The fraction of sp³-hybridized carbons (Fsp3) is 0.500. The van der Waals surface area contributed by atoms with E-state index in [0.717, 1.165) is 12.8 Å². The SMILES string of the molecule is CN(C(=O)c1cc(N)ccc1[N+](=O)[O-])C1CCCCC1O. The summed E-state index contributed by atoms with van der Waals surface area (Å²) in [6.45, 7) is 0. The van der Waals surface area contributed by atoms with E-state index in [2.05, 4.69) is 0 Å². The Morgan fingerprint density at radius 1 is 1.43 bits per heavy atom. The summed E-state index contributed by atoms with van der Waals surface area (Å²) in [7, 11) is 1.56. The molecule has 0 radical (unpaired) electrons. The van der Waals surface area contributed by atoms with E-state index in [9.17, 15) is 20.0 Å². The molecule has 3 N–H and O–H groups in total. The largest absolute Gasteiger partial charge is 0.399 e. The number of nitro benzene ring substituents is 1. The van der Waals surface area contributed by atoms with Crippen molar-refractivity contribution in [2.75, 3.05) is 12.8 Å². The van der Waals surface area contributed by atoms with Crippen LogP contribution in [0.25, 0.3) is 0 Å². The Morgan fingerprint density at radius 3 is 2.71 bits per heavy atom. The monoisotopic (exact) mass is 293 g/mol. The molecule has 1 amide bonds. The zero-order valence-electron chi connectivity index (χ0n) is 11.9. The molecule has 7 heteroatoms. The minimum Gasteiger partial charge on any atom is -0.399 e. The summed E-state index contributed by atoms with van der Waals surface area (Å²) in [5.41, 5.74) is 5.61. The molecule has 114 valence electrons. The summed E-state index contributed by atoms with van der Waals surface area (Å²) in [4.78, 5) is 24.4. The maximum absolute atomic E-state index is 12.5. The second-order valence-electron chi connectivity index (χ2n) is 5.37. The Hall–Kier alpha value is -2.15. The fourth-order valence-electron chi connectivity index (χ4n) is 2.77. The van der Waals surface area contributed by atoms with Crippen LogP contribution in [0.5, 0.6) is 0 Å². The molecule has 0 aromatic heterocycles. The number of nitrogens with zero attached hydrogens (tertiary/aromatic N) is 2. The van der Waals surface area contributed by atoms with Crippen molar-refractivity contribution >= 4 is 17.3 Å². The molecule has 1 aliphatic rings. The molecule has 1 aliphatic carbocycles. The molecule has 2 unspecified atom stereocenters. The fourth-order valence-corrected chi connectivity index (χ4v) is 2.77. The van der Waals surface area contributed by atoms with Crippen molar-refractivity contribution in [1.29, 1.82) is 0 Å². The number of nitrogen functional groups attached to an aromatic ring is 1. The zero-order chi connectivity index (χ0) is 15.6. The molecule has 0 saturated heterocycles. The molecule has 1 fully saturated rings. The molecule has 7 nitrogen and oxygen atoms in total. The number of likely N-dealkylation sites (N-methyl/N-ethyl adjacent to an activating group) is 1. The Labute approximate surface area is 122 Å². The summed E-state index contributed by atoms with van der Waals surface area (Å²) >= 11 is 0. The van der Waals surface area contributed by atoms with Gasteiger partial charge in [-0.3, -0.25) is 14.9 Å². The van der Waals surface area contributed by atoms with Gasteiger partial charge in [0.15, 0.2) is 0 Å². The lowest BCUT2D eigenvalue weighted by molar-refractivity contribution is -0.385. The van der Waals surface area contributed by atoms with Crippen LogP contribution in [0.15, 0.2) is 18.2 Å². The molecule has 0 heterocycles. The van der Waals surface area contributed by atoms with Gasteiger partial charge in [0.1, 0.15) is 5.56 Å². The quantitative estimate of drug-likeness (QED) is 0.499. The van der Waals surface area contributed by atoms with E-state index in [-0.39, 0.29) is 17.3 Å². The van der Waals surface area contributed by atoms with Crippen LogP contribution in [-0.4, -0.2) is 40.0 Å². The summed E-state index contributed by atoms with van der Waals surface area (Å²) in [5.74, 6) is -0.486. The number of aliphatic hydroxyl groups excluding tert-OH is 1. The number of nitro groups is 1. The highest BCUT2D eigenvalue weighted by molar-refractivity contribution is 5.99. The summed E-state index contributed by atoms with van der Waals surface area (Å²) in [6.07, 6.45) is 2.60. The zero-order valence-corrected chi connectivity index (χ0v) is 11.9. The number of hydrogen-bond acceptors (Lipinski definition) is 5. The maximum Gasteiger partial charge on any atom is 0.282 e. The van der Waals surface area contributed by atoms with Crippen LogP contribution >= 0.6 is 0 Å². The lowest BCUT2D eigenvalue weighted by Crippen LogP contribution is -2.46. The normalized spacial score (nSPS) is 21.8. The number of anilines is 1. The third kappa shape index (κ3) is 3.13. The second kappa shape index (κ2) is 6.09. The highest BCUT2D eigenvalue weighted by Crippen LogP contribution is 2.27. The van der Waals surface area contributed by atoms with Crippen molar-refractivity contribution in [3.63, 3.8) is 0 Å². The van der Waals surface area contributed by atoms with E-state index in [4.69, 9.17) is 5.73 Å². The topological polar surface area (TPSA) is 110 Å². The number of aliphatic hydroxyl groups is 1. The van der Waals surface area contributed by atoms with E-state index >= 15 is 0 Å². The van der Waals surface area contributed by atoms with Crippen molar-refractivity contribution in [2.45, 2.75) is 37.8 Å². The van der Waals surface area contributed by atoms with E-state index in [1.165, 1.54) is 23.1 Å². The van der Waals surface area contributed by atoms with Crippen LogP contribution < -0.4 is 5.73 Å². The first-order valence-corrected chi connectivity index (χ1v) is 6.91. The predicted octanol–water partition coefficient (Wildman–Crippen LogP) is 1.55. The minimum absolute atomic E-state index is 0.0414. The standard InChI is InChI=1S/C14H19N3O4/c1-16(12-4-2-3-5-13(12)18)14(19)10-8-9(15)6-7-11(10)17(20)21/h6-8,12-13,18H,2-5,15H2,1H3. The van der Waals surface area contributed by atoms with Gasteiger partial charge in [-0.1, -0.05) is 12.8 Å². The van der Waals surface area contributed by atoms with E-state index in [0.29, 0.717) is 18.5 Å². The van der Waals surface area contributed by atoms with Gasteiger partial charge in [-0.25, -0.2) is 0 Å². The first kappa shape index (κ1) is 15.2. The summed E-state index contributed by atoms with van der Waals surface area (Å²) in [5, 5.41) is 21.1. The third-order valence-corrected chi connectivity index (χ3v) is 3.96. The van der Waals surface area contributed by atoms with Gasteiger partial charge in [0.25, 0.3) is 11.6 Å². The van der Waals surface area contributed by atoms with Gasteiger partial charge in [0.2, 0.25) is 0 Å². The Balaban J connectivity index is 2.30. The molecule has 1 saturated carbocycles. The average Bonchev–Trinajstić information content (AvgIpc) is 2.45. The van der Waals surface area contributed by atoms with Gasteiger partial charge in [-0.15, -0.1) is 0 Å². The van der Waals surface area contributed by atoms with Crippen LogP contribution in [0.3, 0.4) is 0 Å². The van der Waals surface area contributed by atoms with Gasteiger partial charge in [-0.05, 0) is 25.0 Å². The maximum atomic E-state index is 12.5. The first-order valence-electron chi connectivity index (χ1n) is 6.91. The Bertz CT molecular complexity index is 561. The van der Waals surface area contributed by atoms with Gasteiger partial charge in [-0.2, -0.15) is 0 Å². The number of amides is 1. The van der Waals surface area contributed by atoms with Gasteiger partial charge in [0.05, 0.1) is 17.1 Å². The third-order valence-electron chi connectivity index (χ3n) is 3.96. The number of rotatable bonds is 3. The van der Waals surface area contributed by atoms with Gasteiger partial charge < -0.3 is 15.7 Å². The van der Waals surface area contributed by atoms with Crippen LogP contribution in [0.4, 0.5) is 11.4 Å². The van der Waals surface area contributed by atoms with Crippen molar-refractivity contribution in [2.24, 2.45) is 0 Å². The van der Waals surface area contributed by atoms with Crippen LogP contribution in [0, 0.1) is 10.1 Å². The molecular formula is C14H19N3O4. The molecule has 2 atom stereocenters. The highest BCUT2D eigenvalue weighted by atomic mass is 16.6. The number of carbonyl (C=O) groups is 1. The van der Waals surface area contributed by atoms with Crippen molar-refractivity contribution in [3.05, 3.63) is 33.9 Å². The Kier molecular flexibility index (Phi) is 4.42. The molecule has 21 heavy (non-hydrogen) atoms. The molecule has 1 aromatic rings. The summed E-state index contributed by atoms with van der Waals surface area (Å²) in [6, 6.07) is 3.62. The van der Waals surface area contributed by atoms with Crippen LogP contribution in [-0.2, 0) is 0 Å². The molecule has 0 bridgehead atoms. The molecule has 2 rings (SSSR count). The van der Waals surface area contributed by atoms with E-state index < -0.39 is 16.9 Å². The molecule has 1 aromatic carbocycles. The summed E-state index contributed by atoms with van der Waals surface area (Å²) < 4.78 is 0. The van der Waals surface area contributed by atoms with E-state index in [1.54, 1.807) is 7.05 Å². The second-order valence-corrected chi connectivity index (χ2v) is 5.37. The number of carbonyl (C=O) groups excluding carboxylic acids is 1. The average molecular weight is 293 g/mol. The van der Waals surface area contributed by atoms with Gasteiger partial charge >= 0.3 is 0 Å². The first-order chi connectivity index (χ1) is 9.91. The number of hydrogen-bond donors (Lipinski definition) is 2. The molecule has 0 spiro atoms. The number of benzene rings is 1. The Morgan fingerprint density at radius 2 is 2.10 bits per heavy atom. The smallest absolute Gasteiger partial charge is 0.282 e. The highest BCUT2D eigenvalue weighted by Gasteiger charge is 2.32. The van der Waals surface area contributed by atoms with Crippen molar-refractivity contribution in [3.8, 4) is 0 Å². The van der Waals surface area contributed by atoms with E-state index in [1.807, 2.05) is 0 Å². The number of nitrogens with two attached hydrogens (primary N) is 1. The minimum atomic E-state index is -0.599. The van der Waals surface area contributed by atoms with Crippen LogP contribution in [0.1, 0.15) is 36.0 Å². The lowest BCUT2D eigenvalue weighted by Gasteiger charge is -2.35. The van der Waals surface area contributed by atoms with Crippen LogP contribution in [0.2, 0.25) is 0 Å². The van der Waals surface area contributed by atoms with Crippen molar-refractivity contribution in [1.82, 2.24) is 4.90 Å². The molecular weight excluding hydrogens is 274 g/mol. The van der Waals surface area contributed by atoms with Crippen molar-refractivity contribution < 1.29 is 14.8 Å². The van der Waals surface area contributed by atoms with Gasteiger partial charge in [0, 0.05) is 18.8 Å². The predicted molar refractivity (Wildman–Crippen MR) is 77.9 cm³/mol.